The zero-order valence-corrected chi connectivity index (χ0v) is 23.2. The first-order valence-electron chi connectivity index (χ1n) is 12.8. The van der Waals surface area contributed by atoms with E-state index >= 15 is 0 Å². The third kappa shape index (κ3) is 7.89. The molecule has 3 aromatic rings. The molecule has 0 spiro atoms. The summed E-state index contributed by atoms with van der Waals surface area (Å²) < 4.78 is 34.9. The summed E-state index contributed by atoms with van der Waals surface area (Å²) in [5.41, 5.74) is 3.26. The molecule has 1 unspecified atom stereocenters. The van der Waals surface area contributed by atoms with Crippen molar-refractivity contribution in [3.63, 3.8) is 0 Å². The smallest absolute Gasteiger partial charge is 0.262 e. The number of hydrogen-bond donors (Lipinski definition) is 2. The van der Waals surface area contributed by atoms with Gasteiger partial charge in [0, 0.05) is 6.54 Å². The van der Waals surface area contributed by atoms with Crippen LogP contribution in [0.2, 0.25) is 0 Å². The van der Waals surface area contributed by atoms with Gasteiger partial charge in [-0.1, -0.05) is 87.7 Å². The van der Waals surface area contributed by atoms with Crippen molar-refractivity contribution in [2.24, 2.45) is 5.92 Å². The number of allylic oxidation sites excluding steroid dienone is 2. The first-order valence-corrected chi connectivity index (χ1v) is 14.2. The lowest BCUT2D eigenvalue weighted by molar-refractivity contribution is -0.133. The summed E-state index contributed by atoms with van der Waals surface area (Å²) in [5, 5.41) is 11.3. The second-order valence-corrected chi connectivity index (χ2v) is 11.5. The summed E-state index contributed by atoms with van der Waals surface area (Å²) in [6.45, 7) is 11.8. The molecule has 0 aliphatic rings. The lowest BCUT2D eigenvalue weighted by Gasteiger charge is -2.30. The molecular weight excluding hydrogens is 512 g/mol. The quantitative estimate of drug-likeness (QED) is 0.154. The Labute approximate surface area is 231 Å². The molecule has 0 aliphatic carbocycles. The van der Waals surface area contributed by atoms with E-state index in [0.29, 0.717) is 24.3 Å². The van der Waals surface area contributed by atoms with Gasteiger partial charge < -0.3 is 4.74 Å². The Morgan fingerprint density at radius 2 is 1.74 bits per heavy atom. The molecule has 0 fully saturated rings. The van der Waals surface area contributed by atoms with Crippen LogP contribution in [0.5, 0.6) is 5.75 Å². The van der Waals surface area contributed by atoms with Crippen LogP contribution in [0, 0.1) is 5.92 Å². The number of carbonyl (C=O) groups excluding carboxylic acids is 1. The lowest BCUT2D eigenvalue weighted by Crippen LogP contribution is -2.50. The highest BCUT2D eigenvalue weighted by Crippen LogP contribution is 2.26. The second-order valence-electron chi connectivity index (χ2n) is 9.62. The first-order chi connectivity index (χ1) is 18.7. The summed E-state index contributed by atoms with van der Waals surface area (Å²) in [6, 6.07) is 18.3. The van der Waals surface area contributed by atoms with E-state index in [-0.39, 0.29) is 23.8 Å². The van der Waals surface area contributed by atoms with Crippen LogP contribution < -0.4 is 10.2 Å². The topological polar surface area (TPSA) is 95.9 Å². The van der Waals surface area contributed by atoms with E-state index in [0.717, 1.165) is 16.3 Å². The van der Waals surface area contributed by atoms with Crippen molar-refractivity contribution < 1.29 is 23.2 Å². The average Bonchev–Trinajstić information content (AvgIpc) is 2.94. The Hall–Kier alpha value is -3.72. The van der Waals surface area contributed by atoms with Gasteiger partial charge in [-0.3, -0.25) is 10.0 Å². The molecule has 2 N–H and O–H groups in total. The molecule has 0 heterocycles. The van der Waals surface area contributed by atoms with Crippen molar-refractivity contribution in [1.82, 2.24) is 9.79 Å². The van der Waals surface area contributed by atoms with E-state index in [1.54, 1.807) is 66.2 Å². The zero-order chi connectivity index (χ0) is 28.4. The molecule has 0 bridgehead atoms. The van der Waals surface area contributed by atoms with Crippen LogP contribution in [0.1, 0.15) is 25.8 Å². The fourth-order valence-electron chi connectivity index (χ4n) is 4.13. The minimum Gasteiger partial charge on any atom is -0.489 e. The van der Waals surface area contributed by atoms with E-state index in [4.69, 9.17) is 4.74 Å². The van der Waals surface area contributed by atoms with E-state index in [9.17, 15) is 18.4 Å². The number of ether oxygens (including phenoxy) is 1. The molecule has 0 aromatic heterocycles. The fourth-order valence-corrected chi connectivity index (χ4v) is 5.77. The predicted octanol–water partition coefficient (Wildman–Crippen LogP) is 5.67. The fraction of sp³-hybridized carbons (Fsp3) is 0.258. The van der Waals surface area contributed by atoms with Gasteiger partial charge in [0.2, 0.25) is 10.0 Å². The Kier molecular flexibility index (Phi) is 10.6. The summed E-state index contributed by atoms with van der Waals surface area (Å²) in [4.78, 5) is 13.0. The highest BCUT2D eigenvalue weighted by atomic mass is 32.2. The van der Waals surface area contributed by atoms with Gasteiger partial charge >= 0.3 is 0 Å². The maximum absolute atomic E-state index is 13.9. The van der Waals surface area contributed by atoms with Gasteiger partial charge in [-0.2, -0.15) is 4.31 Å². The Bertz CT molecular complexity index is 1430. The number of nitrogens with one attached hydrogen (secondary N) is 1. The van der Waals surface area contributed by atoms with Crippen LogP contribution in [0.4, 0.5) is 0 Å². The van der Waals surface area contributed by atoms with Crippen molar-refractivity contribution in [3.05, 3.63) is 109 Å². The van der Waals surface area contributed by atoms with Crippen molar-refractivity contribution in [2.75, 3.05) is 13.2 Å². The van der Waals surface area contributed by atoms with E-state index in [1.165, 1.54) is 4.31 Å². The number of rotatable bonds is 14. The molecule has 1 amide bonds. The van der Waals surface area contributed by atoms with Gasteiger partial charge in [-0.05, 0) is 64.9 Å². The maximum atomic E-state index is 13.9. The molecule has 206 valence electrons. The second kappa shape index (κ2) is 13.9. The summed E-state index contributed by atoms with van der Waals surface area (Å²) in [5.74, 6) is 0.0111. The molecule has 0 aliphatic heterocycles. The number of sulfonamides is 1. The summed E-state index contributed by atoms with van der Waals surface area (Å²) in [6.07, 6.45) is 5.76. The van der Waals surface area contributed by atoms with Crippen LogP contribution in [-0.2, 0) is 21.2 Å². The normalized spacial score (nSPS) is 12.9. The van der Waals surface area contributed by atoms with Crippen molar-refractivity contribution in [2.45, 2.75) is 37.6 Å². The SMILES string of the molecule is C=CC=C(C=C)COc1ccc(CC(C(=O)NO)N(CCC(C)C)S(=O)(=O)c2ccc3ccccc3c2)cc1. The van der Waals surface area contributed by atoms with Crippen molar-refractivity contribution in [1.29, 1.82) is 0 Å². The molecule has 7 nitrogen and oxygen atoms in total. The lowest BCUT2D eigenvalue weighted by atomic mass is 10.0. The minimum absolute atomic E-state index is 0.0614. The zero-order valence-electron chi connectivity index (χ0n) is 22.4. The number of fused-ring (bicyclic) bond motifs is 1. The van der Waals surface area contributed by atoms with Crippen LogP contribution >= 0.6 is 0 Å². The predicted molar refractivity (Wildman–Crippen MR) is 155 cm³/mol. The standard InChI is InChI=1S/C31H36N2O5S/c1-5-9-24(6-2)22-38-28-15-12-25(13-16-28)20-30(31(34)32-35)33(19-18-23(3)4)39(36,37)29-17-14-26-10-7-8-11-27(26)21-29/h5-17,21,23,30,35H,1-2,18-20,22H2,3-4H3,(H,32,34). The molecule has 39 heavy (non-hydrogen) atoms. The highest BCUT2D eigenvalue weighted by Gasteiger charge is 2.36. The Balaban J connectivity index is 1.92. The van der Waals surface area contributed by atoms with Crippen LogP contribution in [0.15, 0.2) is 109 Å². The summed E-state index contributed by atoms with van der Waals surface area (Å²) in [7, 11) is -4.08. The van der Waals surface area contributed by atoms with Crippen LogP contribution in [0.25, 0.3) is 10.8 Å². The average molecular weight is 549 g/mol. The molecular formula is C31H36N2O5S. The van der Waals surface area contributed by atoms with Crippen molar-refractivity contribution >= 4 is 26.7 Å². The third-order valence-corrected chi connectivity index (χ3v) is 8.27. The monoisotopic (exact) mass is 548 g/mol. The number of amides is 1. The molecule has 8 heteroatoms. The van der Waals surface area contributed by atoms with Gasteiger partial charge in [0.25, 0.3) is 5.91 Å². The Morgan fingerprint density at radius 3 is 2.36 bits per heavy atom. The van der Waals surface area contributed by atoms with Crippen LogP contribution in [0.3, 0.4) is 0 Å². The summed E-state index contributed by atoms with van der Waals surface area (Å²) >= 11 is 0. The van der Waals surface area contributed by atoms with E-state index in [2.05, 4.69) is 13.2 Å². The number of benzene rings is 3. The molecule has 3 rings (SSSR count). The molecule has 0 saturated heterocycles. The molecule has 1 atom stereocenters. The largest absolute Gasteiger partial charge is 0.489 e. The van der Waals surface area contributed by atoms with Gasteiger partial charge in [0.15, 0.2) is 0 Å². The number of carbonyl (C=O) groups is 1. The molecule has 3 aromatic carbocycles. The van der Waals surface area contributed by atoms with Gasteiger partial charge in [0.1, 0.15) is 18.4 Å². The van der Waals surface area contributed by atoms with Crippen LogP contribution in [-0.4, -0.2) is 43.0 Å². The maximum Gasteiger partial charge on any atom is 0.262 e. The number of nitrogens with zero attached hydrogens (tertiary/aromatic N) is 1. The van der Waals surface area contributed by atoms with Gasteiger partial charge in [-0.15, -0.1) is 0 Å². The highest BCUT2D eigenvalue weighted by molar-refractivity contribution is 7.89. The molecule has 0 radical (unpaired) electrons. The Morgan fingerprint density at radius 1 is 1.05 bits per heavy atom. The minimum atomic E-state index is -4.08. The third-order valence-electron chi connectivity index (χ3n) is 6.37. The first kappa shape index (κ1) is 29.8. The van der Waals surface area contributed by atoms with Gasteiger partial charge in [0.05, 0.1) is 4.90 Å². The van der Waals surface area contributed by atoms with Gasteiger partial charge in [-0.25, -0.2) is 13.9 Å². The number of hydrogen-bond acceptors (Lipinski definition) is 5. The van der Waals surface area contributed by atoms with Crippen molar-refractivity contribution in [3.8, 4) is 5.75 Å². The molecule has 0 saturated carbocycles. The van der Waals surface area contributed by atoms with E-state index < -0.39 is 22.0 Å². The number of hydroxylamine groups is 1. The van der Waals surface area contributed by atoms with E-state index in [1.807, 2.05) is 38.1 Å².